The van der Waals surface area contributed by atoms with E-state index in [1.807, 2.05) is 23.1 Å². The third-order valence-corrected chi connectivity index (χ3v) is 4.14. The molecule has 1 N–H and O–H groups in total. The molecule has 0 saturated carbocycles. The summed E-state index contributed by atoms with van der Waals surface area (Å²) in [5.41, 5.74) is 4.10. The van der Waals surface area contributed by atoms with Gasteiger partial charge in [0.05, 0.1) is 11.6 Å². The molecule has 116 valence electrons. The minimum Gasteiger partial charge on any atom is -0.384 e. The molecule has 0 saturated heterocycles. The second-order valence-electron chi connectivity index (χ2n) is 5.70. The number of benzene rings is 2. The van der Waals surface area contributed by atoms with Gasteiger partial charge in [-0.25, -0.2) is 0 Å². The van der Waals surface area contributed by atoms with Gasteiger partial charge in [0.15, 0.2) is 0 Å². The van der Waals surface area contributed by atoms with Crippen LogP contribution in [0.3, 0.4) is 0 Å². The largest absolute Gasteiger partial charge is 0.384 e. The van der Waals surface area contributed by atoms with Gasteiger partial charge in [0.25, 0.3) is 0 Å². The highest BCUT2D eigenvalue weighted by Crippen LogP contribution is 2.19. The van der Waals surface area contributed by atoms with Crippen molar-refractivity contribution in [1.82, 2.24) is 4.90 Å². The van der Waals surface area contributed by atoms with Gasteiger partial charge >= 0.3 is 0 Å². The average molecular weight is 305 g/mol. The van der Waals surface area contributed by atoms with Crippen LogP contribution in [0.5, 0.6) is 0 Å². The number of hydrogen-bond acceptors (Lipinski definition) is 3. The molecule has 1 amide bonds. The van der Waals surface area contributed by atoms with Gasteiger partial charge in [-0.15, -0.1) is 0 Å². The standard InChI is InChI=1S/C19H19N3O/c20-13-15-4-3-7-18(12-15)21-10-8-19(23)22-11-9-16-5-1-2-6-17(16)14-22/h1-7,12,21H,8-11,14H2. The Morgan fingerprint density at radius 2 is 2.00 bits per heavy atom. The molecule has 0 spiro atoms. The second-order valence-corrected chi connectivity index (χ2v) is 5.70. The zero-order valence-corrected chi connectivity index (χ0v) is 13.0. The number of carbonyl (C=O) groups is 1. The zero-order chi connectivity index (χ0) is 16.1. The van der Waals surface area contributed by atoms with E-state index in [2.05, 4.69) is 29.6 Å². The zero-order valence-electron chi connectivity index (χ0n) is 13.0. The van der Waals surface area contributed by atoms with Crippen molar-refractivity contribution in [1.29, 1.82) is 5.26 Å². The molecule has 1 heterocycles. The Kier molecular flexibility index (Phi) is 4.58. The van der Waals surface area contributed by atoms with Crippen LogP contribution in [0.15, 0.2) is 48.5 Å². The summed E-state index contributed by atoms with van der Waals surface area (Å²) in [7, 11) is 0. The number of nitrogens with one attached hydrogen (secondary N) is 1. The smallest absolute Gasteiger partial charge is 0.224 e. The summed E-state index contributed by atoms with van der Waals surface area (Å²) in [6.07, 6.45) is 1.39. The van der Waals surface area contributed by atoms with E-state index < -0.39 is 0 Å². The lowest BCUT2D eigenvalue weighted by Gasteiger charge is -2.29. The fraction of sp³-hybridized carbons (Fsp3) is 0.263. The minimum absolute atomic E-state index is 0.170. The van der Waals surface area contributed by atoms with Crippen LogP contribution in [-0.2, 0) is 17.8 Å². The van der Waals surface area contributed by atoms with E-state index in [1.165, 1.54) is 11.1 Å². The molecule has 4 heteroatoms. The van der Waals surface area contributed by atoms with Gasteiger partial charge in [-0.3, -0.25) is 4.79 Å². The van der Waals surface area contributed by atoms with Gasteiger partial charge in [0.1, 0.15) is 0 Å². The van der Waals surface area contributed by atoms with Crippen LogP contribution in [0.1, 0.15) is 23.1 Å². The van der Waals surface area contributed by atoms with Crippen molar-refractivity contribution in [3.63, 3.8) is 0 Å². The Morgan fingerprint density at radius 1 is 1.17 bits per heavy atom. The summed E-state index contributed by atoms with van der Waals surface area (Å²) >= 11 is 0. The molecule has 1 aliphatic rings. The Balaban J connectivity index is 1.51. The molecule has 2 aromatic carbocycles. The topological polar surface area (TPSA) is 56.1 Å². The van der Waals surface area contributed by atoms with Crippen molar-refractivity contribution in [2.24, 2.45) is 0 Å². The number of fused-ring (bicyclic) bond motifs is 1. The third-order valence-electron chi connectivity index (χ3n) is 4.14. The molecule has 2 aromatic rings. The minimum atomic E-state index is 0.170. The lowest BCUT2D eigenvalue weighted by atomic mass is 10.00. The monoisotopic (exact) mass is 305 g/mol. The summed E-state index contributed by atoms with van der Waals surface area (Å²) in [6.45, 7) is 2.07. The highest BCUT2D eigenvalue weighted by atomic mass is 16.2. The summed E-state index contributed by atoms with van der Waals surface area (Å²) in [5, 5.41) is 12.1. The van der Waals surface area contributed by atoms with Crippen molar-refractivity contribution >= 4 is 11.6 Å². The molecule has 1 aliphatic heterocycles. The second kappa shape index (κ2) is 6.97. The number of nitriles is 1. The maximum absolute atomic E-state index is 12.4. The van der Waals surface area contributed by atoms with Crippen LogP contribution in [-0.4, -0.2) is 23.9 Å². The third kappa shape index (κ3) is 3.70. The van der Waals surface area contributed by atoms with E-state index in [4.69, 9.17) is 5.26 Å². The number of amides is 1. The van der Waals surface area contributed by atoms with E-state index in [0.29, 0.717) is 25.1 Å². The van der Waals surface area contributed by atoms with Gasteiger partial charge < -0.3 is 10.2 Å². The first kappa shape index (κ1) is 15.1. The maximum Gasteiger partial charge on any atom is 0.224 e. The maximum atomic E-state index is 12.4. The Bertz CT molecular complexity index is 748. The Hall–Kier alpha value is -2.80. The Labute approximate surface area is 136 Å². The molecule has 4 nitrogen and oxygen atoms in total. The number of hydrogen-bond donors (Lipinski definition) is 1. The van der Waals surface area contributed by atoms with Crippen molar-refractivity contribution in [2.75, 3.05) is 18.4 Å². The first-order valence-electron chi connectivity index (χ1n) is 7.85. The summed E-state index contributed by atoms with van der Waals surface area (Å²) in [4.78, 5) is 14.3. The van der Waals surface area contributed by atoms with Gasteiger partial charge in [-0.05, 0) is 35.7 Å². The molecule has 0 fully saturated rings. The van der Waals surface area contributed by atoms with E-state index >= 15 is 0 Å². The fourth-order valence-electron chi connectivity index (χ4n) is 2.88. The van der Waals surface area contributed by atoms with Crippen molar-refractivity contribution in [2.45, 2.75) is 19.4 Å². The van der Waals surface area contributed by atoms with Crippen LogP contribution in [0.4, 0.5) is 5.69 Å². The molecule has 0 radical (unpaired) electrons. The first-order chi connectivity index (χ1) is 11.3. The number of nitrogens with zero attached hydrogens (tertiary/aromatic N) is 2. The number of carbonyl (C=O) groups excluding carboxylic acids is 1. The summed E-state index contributed by atoms with van der Waals surface area (Å²) < 4.78 is 0. The highest BCUT2D eigenvalue weighted by molar-refractivity contribution is 5.77. The number of anilines is 1. The van der Waals surface area contributed by atoms with Crippen molar-refractivity contribution in [3.05, 3.63) is 65.2 Å². The molecular weight excluding hydrogens is 286 g/mol. The SMILES string of the molecule is N#Cc1cccc(NCCC(=O)N2CCc3ccccc3C2)c1. The fourth-order valence-corrected chi connectivity index (χ4v) is 2.88. The van der Waals surface area contributed by atoms with Crippen LogP contribution in [0.25, 0.3) is 0 Å². The molecular formula is C19H19N3O. The van der Waals surface area contributed by atoms with E-state index in [9.17, 15) is 4.79 Å². The summed E-state index contributed by atoms with van der Waals surface area (Å²) in [5.74, 6) is 0.170. The van der Waals surface area contributed by atoms with E-state index in [0.717, 1.165) is 18.7 Å². The van der Waals surface area contributed by atoms with Crippen LogP contribution in [0.2, 0.25) is 0 Å². The molecule has 3 rings (SSSR count). The molecule has 0 atom stereocenters. The van der Waals surface area contributed by atoms with Crippen LogP contribution < -0.4 is 5.32 Å². The molecule has 0 unspecified atom stereocenters. The van der Waals surface area contributed by atoms with Crippen LogP contribution in [0, 0.1) is 11.3 Å². The predicted octanol–water partition coefficient (Wildman–Crippen LogP) is 2.95. The molecule has 0 aromatic heterocycles. The Morgan fingerprint density at radius 3 is 2.83 bits per heavy atom. The first-order valence-corrected chi connectivity index (χ1v) is 7.85. The quantitative estimate of drug-likeness (QED) is 0.945. The van der Waals surface area contributed by atoms with E-state index in [1.54, 1.807) is 12.1 Å². The average Bonchev–Trinajstić information content (AvgIpc) is 2.61. The molecule has 0 aliphatic carbocycles. The van der Waals surface area contributed by atoms with Crippen molar-refractivity contribution < 1.29 is 4.79 Å². The van der Waals surface area contributed by atoms with E-state index in [-0.39, 0.29) is 5.91 Å². The van der Waals surface area contributed by atoms with Gasteiger partial charge in [-0.2, -0.15) is 5.26 Å². The van der Waals surface area contributed by atoms with Crippen LogP contribution >= 0.6 is 0 Å². The predicted molar refractivity (Wildman–Crippen MR) is 89.8 cm³/mol. The van der Waals surface area contributed by atoms with Crippen molar-refractivity contribution in [3.8, 4) is 6.07 Å². The highest BCUT2D eigenvalue weighted by Gasteiger charge is 2.19. The van der Waals surface area contributed by atoms with Gasteiger partial charge in [0, 0.05) is 31.7 Å². The van der Waals surface area contributed by atoms with Gasteiger partial charge in [0.2, 0.25) is 5.91 Å². The normalized spacial score (nSPS) is 13.1. The van der Waals surface area contributed by atoms with Gasteiger partial charge in [-0.1, -0.05) is 30.3 Å². The lowest BCUT2D eigenvalue weighted by molar-refractivity contribution is -0.131. The molecule has 23 heavy (non-hydrogen) atoms. The molecule has 0 bridgehead atoms. The number of rotatable bonds is 4. The lowest BCUT2D eigenvalue weighted by Crippen LogP contribution is -2.36. The summed E-state index contributed by atoms with van der Waals surface area (Å²) in [6, 6.07) is 17.7.